The van der Waals surface area contributed by atoms with E-state index in [9.17, 15) is 13.6 Å². The van der Waals surface area contributed by atoms with Gasteiger partial charge in [-0.1, -0.05) is 36.9 Å². The number of carbonyl (C=O) groups is 1. The maximum Gasteiger partial charge on any atom is 0.318 e. The Kier molecular flexibility index (Phi) is 8.35. The van der Waals surface area contributed by atoms with Crippen molar-refractivity contribution in [3.05, 3.63) is 77.0 Å². The molecule has 3 aromatic rings. The summed E-state index contributed by atoms with van der Waals surface area (Å²) in [5, 5.41) is 2.39. The first-order chi connectivity index (χ1) is 21.5. The molecule has 2 saturated heterocycles. The van der Waals surface area contributed by atoms with Crippen molar-refractivity contribution >= 4 is 28.2 Å². The van der Waals surface area contributed by atoms with Crippen LogP contribution in [0.2, 0.25) is 0 Å². The molecule has 1 amide bonds. The van der Waals surface area contributed by atoms with Crippen molar-refractivity contribution in [2.24, 2.45) is 0 Å². The number of likely N-dealkylation sites (N-methyl/N-ethyl adjacent to an activating group) is 1. The van der Waals surface area contributed by atoms with Crippen LogP contribution in [0.1, 0.15) is 30.2 Å². The second-order valence-electron chi connectivity index (χ2n) is 12.7. The number of hydrogen-bond acceptors (Lipinski definition) is 7. The number of likely N-dealkylation sites (tertiary alicyclic amines) is 1. The highest BCUT2D eigenvalue weighted by Gasteiger charge is 2.40. The standard InChI is InChI=1S/C34H39F2N7O2/c1-22-8-6-9-24-10-7-11-29(30(22)24)41-13-12-27-28(19-41)38-33(45-20-25-16-34(3,36)21-40(25)5)39-31(27)42-14-15-43(32(44)23(2)35)26(18-42)17-37-4/h6-11,25-26H,2,12-21H2,1,3,5H3/t25-,26-,34?/m0/s1. The summed E-state index contributed by atoms with van der Waals surface area (Å²) in [7, 11) is 1.90. The van der Waals surface area contributed by atoms with Crippen molar-refractivity contribution in [2.45, 2.75) is 51.0 Å². The van der Waals surface area contributed by atoms with E-state index >= 15 is 0 Å². The van der Waals surface area contributed by atoms with E-state index in [2.05, 4.69) is 64.5 Å². The summed E-state index contributed by atoms with van der Waals surface area (Å²) in [6.45, 7) is 17.3. The van der Waals surface area contributed by atoms with Gasteiger partial charge in [0.15, 0.2) is 5.83 Å². The van der Waals surface area contributed by atoms with E-state index in [0.717, 1.165) is 23.5 Å². The molecule has 0 aliphatic carbocycles. The molecule has 3 atom stereocenters. The first kappa shape index (κ1) is 30.7. The number of rotatable bonds is 7. The number of ether oxygens (including phenoxy) is 1. The van der Waals surface area contributed by atoms with E-state index in [1.54, 1.807) is 6.92 Å². The van der Waals surface area contributed by atoms with E-state index in [1.807, 2.05) is 11.9 Å². The Morgan fingerprint density at radius 2 is 1.93 bits per heavy atom. The molecule has 3 aliphatic heterocycles. The summed E-state index contributed by atoms with van der Waals surface area (Å²) in [4.78, 5) is 33.6. The van der Waals surface area contributed by atoms with Crippen molar-refractivity contribution in [3.8, 4) is 6.01 Å². The molecule has 0 saturated carbocycles. The number of aryl methyl sites for hydroxylation is 1. The fraction of sp³-hybridized carbons (Fsp3) is 0.471. The van der Waals surface area contributed by atoms with Gasteiger partial charge in [0, 0.05) is 61.8 Å². The Morgan fingerprint density at radius 3 is 2.64 bits per heavy atom. The molecule has 0 bridgehead atoms. The lowest BCUT2D eigenvalue weighted by atomic mass is 9.99. The Balaban J connectivity index is 1.34. The molecule has 2 aromatic carbocycles. The smallest absolute Gasteiger partial charge is 0.318 e. The first-order valence-corrected chi connectivity index (χ1v) is 15.4. The number of benzene rings is 2. The van der Waals surface area contributed by atoms with Gasteiger partial charge in [-0.25, -0.2) is 15.4 Å². The largest absolute Gasteiger partial charge is 0.462 e. The maximum atomic E-state index is 14.7. The molecule has 1 aromatic heterocycles. The van der Waals surface area contributed by atoms with Gasteiger partial charge in [0.25, 0.3) is 5.91 Å². The molecular formula is C34H39F2N7O2. The van der Waals surface area contributed by atoms with Crippen LogP contribution >= 0.6 is 0 Å². The zero-order chi connectivity index (χ0) is 31.9. The van der Waals surface area contributed by atoms with Crippen LogP contribution < -0.4 is 14.5 Å². The number of halogens is 2. The molecule has 0 radical (unpaired) electrons. The Morgan fingerprint density at radius 1 is 1.16 bits per heavy atom. The summed E-state index contributed by atoms with van der Waals surface area (Å²) >= 11 is 0. The second-order valence-corrected chi connectivity index (χ2v) is 12.7. The molecule has 6 rings (SSSR count). The van der Waals surface area contributed by atoms with Gasteiger partial charge < -0.3 is 24.3 Å². The van der Waals surface area contributed by atoms with Crippen molar-refractivity contribution < 1.29 is 18.3 Å². The van der Waals surface area contributed by atoms with Crippen LogP contribution in [0.5, 0.6) is 6.01 Å². The van der Waals surface area contributed by atoms with Gasteiger partial charge >= 0.3 is 6.01 Å². The van der Waals surface area contributed by atoms with E-state index in [-0.39, 0.29) is 31.7 Å². The van der Waals surface area contributed by atoms with Crippen molar-refractivity contribution in [2.75, 3.05) is 62.7 Å². The highest BCUT2D eigenvalue weighted by atomic mass is 19.1. The van der Waals surface area contributed by atoms with Crippen LogP contribution in [0.4, 0.5) is 20.3 Å². The van der Waals surface area contributed by atoms with Crippen LogP contribution in [-0.4, -0.2) is 96.4 Å². The van der Waals surface area contributed by atoms with Gasteiger partial charge in [-0.05, 0) is 44.3 Å². The fourth-order valence-corrected chi connectivity index (χ4v) is 7.14. The molecule has 1 unspecified atom stereocenters. The monoisotopic (exact) mass is 615 g/mol. The minimum atomic E-state index is -1.28. The van der Waals surface area contributed by atoms with E-state index in [1.165, 1.54) is 21.2 Å². The summed E-state index contributed by atoms with van der Waals surface area (Å²) in [6, 6.07) is 12.3. The zero-order valence-corrected chi connectivity index (χ0v) is 26.1. The predicted molar refractivity (Wildman–Crippen MR) is 171 cm³/mol. The molecule has 2 fully saturated rings. The van der Waals surface area contributed by atoms with Crippen LogP contribution in [0, 0.1) is 13.5 Å². The molecule has 45 heavy (non-hydrogen) atoms. The van der Waals surface area contributed by atoms with E-state index in [4.69, 9.17) is 21.3 Å². The van der Waals surface area contributed by atoms with Gasteiger partial charge in [-0.3, -0.25) is 9.69 Å². The second kappa shape index (κ2) is 12.2. The molecule has 9 nitrogen and oxygen atoms in total. The molecule has 11 heteroatoms. The summed E-state index contributed by atoms with van der Waals surface area (Å²) in [5.41, 5.74) is 2.92. The molecular weight excluding hydrogens is 576 g/mol. The van der Waals surface area contributed by atoms with E-state index < -0.39 is 23.4 Å². The van der Waals surface area contributed by atoms with Crippen LogP contribution in [-0.2, 0) is 17.8 Å². The Labute approximate surface area is 262 Å². The lowest BCUT2D eigenvalue weighted by Gasteiger charge is -2.41. The number of alkyl halides is 1. The highest BCUT2D eigenvalue weighted by molar-refractivity contribution is 5.97. The highest BCUT2D eigenvalue weighted by Crippen LogP contribution is 2.36. The van der Waals surface area contributed by atoms with Crippen LogP contribution in [0.15, 0.2) is 48.8 Å². The number of piperazine rings is 1. The number of nitrogens with zero attached hydrogens (tertiary/aromatic N) is 7. The minimum absolute atomic E-state index is 0.0381. The number of fused-ring (bicyclic) bond motifs is 2. The van der Waals surface area contributed by atoms with Crippen molar-refractivity contribution in [1.29, 1.82) is 0 Å². The quantitative estimate of drug-likeness (QED) is 0.281. The van der Waals surface area contributed by atoms with Gasteiger partial charge in [-0.2, -0.15) is 9.97 Å². The van der Waals surface area contributed by atoms with Gasteiger partial charge in [0.05, 0.1) is 12.2 Å². The normalized spacial score (nSPS) is 23.6. The number of hydrogen-bond donors (Lipinski definition) is 0. The molecule has 236 valence electrons. The Hall–Kier alpha value is -4.30. The number of amides is 1. The summed E-state index contributed by atoms with van der Waals surface area (Å²) < 4.78 is 34.8. The minimum Gasteiger partial charge on any atom is -0.462 e. The van der Waals surface area contributed by atoms with Gasteiger partial charge in [-0.15, -0.1) is 0 Å². The SMILES string of the molecule is [C-]#[N+]C[C@H]1CN(c2nc(OC[C@@H]3CC(C)(F)CN3C)nc3c2CCN(c2cccc4cccc(C)c24)C3)CCN1C(=O)C(=C)F. The van der Waals surface area contributed by atoms with Crippen molar-refractivity contribution in [3.63, 3.8) is 0 Å². The molecule has 0 spiro atoms. The zero-order valence-electron chi connectivity index (χ0n) is 26.1. The number of aromatic nitrogens is 2. The maximum absolute atomic E-state index is 14.7. The lowest BCUT2D eigenvalue weighted by Crippen LogP contribution is -2.57. The van der Waals surface area contributed by atoms with Crippen LogP contribution in [0.25, 0.3) is 15.6 Å². The Bertz CT molecular complexity index is 1670. The predicted octanol–water partition coefficient (Wildman–Crippen LogP) is 4.73. The first-order valence-electron chi connectivity index (χ1n) is 15.4. The molecule has 0 N–H and O–H groups in total. The van der Waals surface area contributed by atoms with Gasteiger partial charge in [0.1, 0.15) is 24.1 Å². The summed E-state index contributed by atoms with van der Waals surface area (Å²) in [5.74, 6) is -1.10. The average molecular weight is 616 g/mol. The summed E-state index contributed by atoms with van der Waals surface area (Å²) in [6.07, 6.45) is 1.05. The third-order valence-electron chi connectivity index (χ3n) is 9.30. The topological polar surface area (TPSA) is 69.4 Å². The van der Waals surface area contributed by atoms with E-state index in [0.29, 0.717) is 44.8 Å². The molecule has 3 aliphatic rings. The molecule has 4 heterocycles. The average Bonchev–Trinajstić information content (AvgIpc) is 3.29. The van der Waals surface area contributed by atoms with Crippen molar-refractivity contribution in [1.82, 2.24) is 19.8 Å². The lowest BCUT2D eigenvalue weighted by molar-refractivity contribution is -0.131. The number of carbonyl (C=O) groups excluding carboxylic acids is 1. The third-order valence-corrected chi connectivity index (χ3v) is 9.30. The van der Waals surface area contributed by atoms with Crippen LogP contribution in [0.3, 0.4) is 0 Å². The fourth-order valence-electron chi connectivity index (χ4n) is 7.14. The van der Waals surface area contributed by atoms with Gasteiger partial charge in [0.2, 0.25) is 6.54 Å². The number of anilines is 2. The third kappa shape index (κ3) is 6.16.